The quantitative estimate of drug-likeness (QED) is 0.547. The van der Waals surface area contributed by atoms with Crippen LogP contribution < -0.4 is 0 Å². The van der Waals surface area contributed by atoms with Gasteiger partial charge in [0.15, 0.2) is 0 Å². The Bertz CT molecular complexity index is 349. The van der Waals surface area contributed by atoms with E-state index in [2.05, 4.69) is 44.7 Å². The van der Waals surface area contributed by atoms with Gasteiger partial charge >= 0.3 is 0 Å². The smallest absolute Gasteiger partial charge is 0.146 e. The molecule has 0 spiro atoms. The van der Waals surface area contributed by atoms with Crippen LogP contribution in [0, 0.1) is 0 Å². The number of hydrogen-bond donors (Lipinski definition) is 0. The van der Waals surface area contributed by atoms with Crippen molar-refractivity contribution >= 4 is 21.6 Å². The number of rotatable bonds is 2. The molecule has 80 valence electrons. The molecule has 0 heterocycles. The third-order valence-electron chi connectivity index (χ3n) is 2.58. The monoisotopic (exact) mass is 218 g/mol. The molecule has 0 atom stereocenters. The predicted molar refractivity (Wildman–Crippen MR) is 70.7 cm³/mol. The molecule has 2 rings (SSSR count). The summed E-state index contributed by atoms with van der Waals surface area (Å²) in [5.74, 6) is 0. The largest absolute Gasteiger partial charge is 0.424 e. The SMILES string of the molecule is C=CCO[SiH3].CC1=C(C)c2ccccc21. The maximum atomic E-state index is 4.71. The summed E-state index contributed by atoms with van der Waals surface area (Å²) in [4.78, 5) is 0. The molecule has 1 aromatic carbocycles. The summed E-state index contributed by atoms with van der Waals surface area (Å²) in [6, 6.07) is 8.54. The number of fused-ring (bicyclic) bond motifs is 1. The number of benzene rings is 1. The van der Waals surface area contributed by atoms with Crippen molar-refractivity contribution in [3.05, 3.63) is 48.0 Å². The lowest BCUT2D eigenvalue weighted by molar-refractivity contribution is 0.402. The van der Waals surface area contributed by atoms with Gasteiger partial charge in [-0.15, -0.1) is 6.58 Å². The minimum atomic E-state index is 0.715. The zero-order chi connectivity index (χ0) is 11.3. The van der Waals surface area contributed by atoms with E-state index in [1.165, 1.54) is 22.3 Å². The lowest BCUT2D eigenvalue weighted by atomic mass is 9.83. The van der Waals surface area contributed by atoms with Crippen molar-refractivity contribution in [1.29, 1.82) is 0 Å². The molecule has 0 saturated heterocycles. The van der Waals surface area contributed by atoms with Crippen LogP contribution >= 0.6 is 0 Å². The highest BCUT2D eigenvalue weighted by Crippen LogP contribution is 2.38. The van der Waals surface area contributed by atoms with E-state index >= 15 is 0 Å². The van der Waals surface area contributed by atoms with Gasteiger partial charge in [-0.25, -0.2) is 0 Å². The second kappa shape index (κ2) is 5.68. The van der Waals surface area contributed by atoms with E-state index < -0.39 is 0 Å². The van der Waals surface area contributed by atoms with E-state index in [0.29, 0.717) is 6.61 Å². The van der Waals surface area contributed by atoms with Crippen LogP contribution in [0.25, 0.3) is 11.1 Å². The van der Waals surface area contributed by atoms with Crippen molar-refractivity contribution in [3.8, 4) is 0 Å². The van der Waals surface area contributed by atoms with E-state index in [-0.39, 0.29) is 0 Å². The molecule has 1 aromatic rings. The number of hydrogen-bond acceptors (Lipinski definition) is 1. The van der Waals surface area contributed by atoms with E-state index in [4.69, 9.17) is 4.43 Å². The van der Waals surface area contributed by atoms with Crippen LogP contribution in [0.5, 0.6) is 0 Å². The van der Waals surface area contributed by atoms with E-state index in [1.54, 1.807) is 6.08 Å². The zero-order valence-electron chi connectivity index (χ0n) is 9.71. The molecule has 0 saturated carbocycles. The molecule has 2 heteroatoms. The molecule has 0 radical (unpaired) electrons. The first-order chi connectivity index (χ1) is 7.22. The van der Waals surface area contributed by atoms with Crippen molar-refractivity contribution in [2.24, 2.45) is 0 Å². The third-order valence-corrected chi connectivity index (χ3v) is 2.92. The highest BCUT2D eigenvalue weighted by atomic mass is 28.2. The summed E-state index contributed by atoms with van der Waals surface area (Å²) in [6.07, 6.45) is 1.74. The Balaban J connectivity index is 0.000000195. The fourth-order valence-electron chi connectivity index (χ4n) is 1.60. The van der Waals surface area contributed by atoms with Crippen LogP contribution in [0.4, 0.5) is 0 Å². The molecule has 1 aliphatic carbocycles. The molecule has 0 unspecified atom stereocenters. The second-order valence-electron chi connectivity index (χ2n) is 3.54. The van der Waals surface area contributed by atoms with Gasteiger partial charge in [0.05, 0.1) is 6.61 Å². The standard InChI is InChI=1S/C10H10.C3H8OSi/c1-7-8(2)10-6-4-3-5-9(7)10;1-2-3-4-5/h3-6H,1-2H3;2H,1,3H2,5H3. The van der Waals surface area contributed by atoms with E-state index in [9.17, 15) is 0 Å². The van der Waals surface area contributed by atoms with Crippen LogP contribution in [0.3, 0.4) is 0 Å². The van der Waals surface area contributed by atoms with Crippen molar-refractivity contribution in [1.82, 2.24) is 0 Å². The first-order valence-corrected chi connectivity index (χ1v) is 5.91. The maximum absolute atomic E-state index is 4.71. The van der Waals surface area contributed by atoms with Gasteiger partial charge < -0.3 is 4.43 Å². The number of allylic oxidation sites excluding steroid dienone is 2. The fraction of sp³-hybridized carbons (Fsp3) is 0.231. The Kier molecular flexibility index (Phi) is 4.53. The fourth-order valence-corrected chi connectivity index (χ4v) is 1.83. The summed E-state index contributed by atoms with van der Waals surface area (Å²) in [5.41, 5.74) is 5.77. The Labute approximate surface area is 95.0 Å². The van der Waals surface area contributed by atoms with Crippen LogP contribution in [0.2, 0.25) is 0 Å². The van der Waals surface area contributed by atoms with Gasteiger partial charge in [0.1, 0.15) is 10.5 Å². The molecule has 1 aliphatic rings. The Morgan fingerprint density at radius 2 is 1.67 bits per heavy atom. The summed E-state index contributed by atoms with van der Waals surface area (Å²) < 4.78 is 4.71. The van der Waals surface area contributed by atoms with Crippen molar-refractivity contribution in [2.75, 3.05) is 6.61 Å². The maximum Gasteiger partial charge on any atom is 0.146 e. The molecule has 15 heavy (non-hydrogen) atoms. The first kappa shape index (κ1) is 11.9. The Morgan fingerprint density at radius 1 is 1.20 bits per heavy atom. The molecule has 0 N–H and O–H groups in total. The van der Waals surface area contributed by atoms with Gasteiger partial charge in [0.2, 0.25) is 0 Å². The van der Waals surface area contributed by atoms with Crippen LogP contribution in [-0.2, 0) is 4.43 Å². The van der Waals surface area contributed by atoms with Gasteiger partial charge in [-0.1, -0.05) is 30.3 Å². The van der Waals surface area contributed by atoms with Crippen molar-refractivity contribution in [2.45, 2.75) is 13.8 Å². The zero-order valence-corrected chi connectivity index (χ0v) is 11.7. The Hall–Kier alpha value is -1.12. The average Bonchev–Trinajstić information content (AvgIpc) is 2.30. The van der Waals surface area contributed by atoms with Gasteiger partial charge in [-0.2, -0.15) is 0 Å². The van der Waals surface area contributed by atoms with E-state index in [0.717, 1.165) is 10.5 Å². The lowest BCUT2D eigenvalue weighted by Crippen LogP contribution is -2.00. The summed E-state index contributed by atoms with van der Waals surface area (Å²) >= 11 is 0. The molecule has 0 aromatic heterocycles. The summed E-state index contributed by atoms with van der Waals surface area (Å²) in [6.45, 7) is 8.52. The molecule has 0 bridgehead atoms. The molecular formula is C13H18OSi. The van der Waals surface area contributed by atoms with Crippen LogP contribution in [0.15, 0.2) is 36.9 Å². The molecule has 0 amide bonds. The topological polar surface area (TPSA) is 9.23 Å². The summed E-state index contributed by atoms with van der Waals surface area (Å²) in [7, 11) is 0.827. The van der Waals surface area contributed by atoms with Gasteiger partial charge in [0, 0.05) is 0 Å². The van der Waals surface area contributed by atoms with Gasteiger partial charge in [-0.05, 0) is 36.1 Å². The summed E-state index contributed by atoms with van der Waals surface area (Å²) in [5, 5.41) is 0. The highest BCUT2D eigenvalue weighted by molar-refractivity contribution is 6.02. The minimum absolute atomic E-state index is 0.715. The molecular weight excluding hydrogens is 200 g/mol. The minimum Gasteiger partial charge on any atom is -0.424 e. The first-order valence-electron chi connectivity index (χ1n) is 5.09. The molecule has 0 aliphatic heterocycles. The van der Waals surface area contributed by atoms with E-state index in [1.807, 2.05) is 0 Å². The van der Waals surface area contributed by atoms with Crippen molar-refractivity contribution in [3.63, 3.8) is 0 Å². The molecule has 1 nitrogen and oxygen atoms in total. The average molecular weight is 218 g/mol. The van der Waals surface area contributed by atoms with Gasteiger partial charge in [0.25, 0.3) is 0 Å². The third kappa shape index (κ3) is 2.67. The normalized spacial score (nSPS) is 12.4. The second-order valence-corrected chi connectivity index (χ2v) is 4.12. The van der Waals surface area contributed by atoms with Crippen molar-refractivity contribution < 1.29 is 4.43 Å². The van der Waals surface area contributed by atoms with Gasteiger partial charge in [-0.3, -0.25) is 0 Å². The van der Waals surface area contributed by atoms with Crippen LogP contribution in [0.1, 0.15) is 25.0 Å². The molecule has 0 fully saturated rings. The Morgan fingerprint density at radius 3 is 1.93 bits per heavy atom. The predicted octanol–water partition coefficient (Wildman–Crippen LogP) is 2.42. The highest BCUT2D eigenvalue weighted by Gasteiger charge is 2.16. The van der Waals surface area contributed by atoms with Crippen LogP contribution in [-0.4, -0.2) is 17.1 Å². The lowest BCUT2D eigenvalue weighted by Gasteiger charge is -2.22.